The highest BCUT2D eigenvalue weighted by Gasteiger charge is 2.34. The quantitative estimate of drug-likeness (QED) is 0.647. The van der Waals surface area contributed by atoms with Crippen molar-refractivity contribution in [2.45, 2.75) is 38.6 Å². The predicted octanol–water partition coefficient (Wildman–Crippen LogP) is 5.82. The molecule has 132 valence electrons. The van der Waals surface area contributed by atoms with Crippen molar-refractivity contribution >= 4 is 29.2 Å². The number of anilines is 1. The Balaban J connectivity index is 1.93. The Kier molecular flexibility index (Phi) is 4.79. The van der Waals surface area contributed by atoms with Gasteiger partial charge in [0, 0.05) is 30.1 Å². The predicted molar refractivity (Wildman–Crippen MR) is 107 cm³/mol. The summed E-state index contributed by atoms with van der Waals surface area (Å²) >= 11 is 6.54. The first-order valence-corrected chi connectivity index (χ1v) is 8.95. The van der Waals surface area contributed by atoms with Crippen molar-refractivity contribution in [1.29, 1.82) is 0 Å². The van der Waals surface area contributed by atoms with Crippen LogP contribution >= 0.6 is 11.6 Å². The first-order chi connectivity index (χ1) is 11.8. The van der Waals surface area contributed by atoms with Crippen LogP contribution in [0.4, 0.5) is 11.4 Å². The molecular formula is C21H25ClN2O. The Labute approximate surface area is 155 Å². The van der Waals surface area contributed by atoms with E-state index >= 15 is 0 Å². The number of nitrogens with zero attached hydrogens (tertiary/aromatic N) is 2. The third-order valence-electron chi connectivity index (χ3n) is 5.18. The monoisotopic (exact) mass is 356 g/mol. The number of halogens is 1. The summed E-state index contributed by atoms with van der Waals surface area (Å²) in [5.74, 6) is 1.32. The lowest BCUT2D eigenvalue weighted by molar-refractivity contribution is 0.395. The summed E-state index contributed by atoms with van der Waals surface area (Å²) < 4.78 is 5.17. The maximum absolute atomic E-state index is 6.54. The topological polar surface area (TPSA) is 24.8 Å². The fraction of sp³-hybridized carbons (Fsp3) is 0.381. The van der Waals surface area contributed by atoms with Gasteiger partial charge in [-0.25, -0.2) is 0 Å². The van der Waals surface area contributed by atoms with Crippen molar-refractivity contribution in [2.24, 2.45) is 4.99 Å². The third-order valence-corrected chi connectivity index (χ3v) is 5.50. The van der Waals surface area contributed by atoms with Crippen molar-refractivity contribution in [3.05, 3.63) is 52.5 Å². The molecule has 0 aromatic heterocycles. The second-order valence-electron chi connectivity index (χ2n) is 7.37. The van der Waals surface area contributed by atoms with Crippen LogP contribution < -0.4 is 9.64 Å². The first kappa shape index (κ1) is 17.8. The molecule has 0 amide bonds. The number of ether oxygens (including phenoxy) is 1. The highest BCUT2D eigenvalue weighted by atomic mass is 35.5. The van der Waals surface area contributed by atoms with E-state index in [1.54, 1.807) is 7.11 Å². The Morgan fingerprint density at radius 1 is 1.24 bits per heavy atom. The fourth-order valence-electron chi connectivity index (χ4n) is 3.52. The zero-order valence-electron chi connectivity index (χ0n) is 15.5. The molecule has 0 aliphatic carbocycles. The van der Waals surface area contributed by atoms with Gasteiger partial charge in [0.1, 0.15) is 5.75 Å². The molecular weight excluding hydrogens is 332 g/mol. The standard InChI is InChI=1S/C21H25ClN2O/c1-14-12-21(2,3)24(4)20-11-19(22)15(10-18(14)20)13-23-16-6-8-17(25-5)9-7-16/h6-11,13-14H,12H2,1-5H3. The third kappa shape index (κ3) is 3.52. The largest absolute Gasteiger partial charge is 0.497 e. The number of aliphatic imine (C=N–C) groups is 1. The highest BCUT2D eigenvalue weighted by Crippen LogP contribution is 2.44. The van der Waals surface area contributed by atoms with E-state index in [0.29, 0.717) is 5.92 Å². The first-order valence-electron chi connectivity index (χ1n) is 8.57. The molecule has 0 N–H and O–H groups in total. The highest BCUT2D eigenvalue weighted by molar-refractivity contribution is 6.33. The molecule has 0 saturated carbocycles. The molecule has 0 bridgehead atoms. The van der Waals surface area contributed by atoms with Crippen LogP contribution in [-0.2, 0) is 0 Å². The Morgan fingerprint density at radius 3 is 2.56 bits per heavy atom. The minimum absolute atomic E-state index is 0.133. The van der Waals surface area contributed by atoms with Gasteiger partial charge in [0.15, 0.2) is 0 Å². The molecule has 0 fully saturated rings. The number of methoxy groups -OCH3 is 1. The summed E-state index contributed by atoms with van der Waals surface area (Å²) in [7, 11) is 3.80. The molecule has 0 radical (unpaired) electrons. The minimum atomic E-state index is 0.133. The molecule has 25 heavy (non-hydrogen) atoms. The molecule has 1 atom stereocenters. The molecule has 4 heteroatoms. The van der Waals surface area contributed by atoms with Crippen LogP contribution in [0.1, 0.15) is 44.2 Å². The zero-order valence-corrected chi connectivity index (χ0v) is 16.3. The van der Waals surface area contributed by atoms with Crippen molar-refractivity contribution in [3.63, 3.8) is 0 Å². The van der Waals surface area contributed by atoms with Crippen LogP contribution in [-0.4, -0.2) is 25.9 Å². The van der Waals surface area contributed by atoms with Gasteiger partial charge < -0.3 is 9.64 Å². The normalized spacial score (nSPS) is 19.1. The van der Waals surface area contributed by atoms with E-state index in [2.05, 4.69) is 49.8 Å². The van der Waals surface area contributed by atoms with Gasteiger partial charge >= 0.3 is 0 Å². The molecule has 1 aliphatic heterocycles. The second kappa shape index (κ2) is 6.72. The SMILES string of the molecule is COc1ccc(N=Cc2cc3c(cc2Cl)N(C)C(C)(C)CC3C)cc1. The summed E-state index contributed by atoms with van der Waals surface area (Å²) in [4.78, 5) is 6.89. The summed E-state index contributed by atoms with van der Waals surface area (Å²) in [5, 5.41) is 0.729. The summed E-state index contributed by atoms with van der Waals surface area (Å²) in [6.45, 7) is 6.84. The van der Waals surface area contributed by atoms with Gasteiger partial charge in [-0.05, 0) is 68.1 Å². The van der Waals surface area contributed by atoms with Gasteiger partial charge in [0.25, 0.3) is 0 Å². The Bertz CT molecular complexity index is 796. The molecule has 3 rings (SSSR count). The second-order valence-corrected chi connectivity index (χ2v) is 7.77. The molecule has 0 spiro atoms. The lowest BCUT2D eigenvalue weighted by Crippen LogP contribution is -2.45. The van der Waals surface area contributed by atoms with E-state index in [0.717, 1.165) is 28.4 Å². The van der Waals surface area contributed by atoms with Crippen LogP contribution in [0, 0.1) is 0 Å². The molecule has 2 aromatic carbocycles. The van der Waals surface area contributed by atoms with E-state index in [4.69, 9.17) is 16.3 Å². The molecule has 1 unspecified atom stereocenters. The summed E-state index contributed by atoms with van der Waals surface area (Å²) in [6, 6.07) is 11.9. The van der Waals surface area contributed by atoms with Gasteiger partial charge in [-0.1, -0.05) is 18.5 Å². The van der Waals surface area contributed by atoms with E-state index in [1.165, 1.54) is 11.3 Å². The fourth-order valence-corrected chi connectivity index (χ4v) is 3.72. The minimum Gasteiger partial charge on any atom is -0.497 e. The number of hydrogen-bond donors (Lipinski definition) is 0. The molecule has 1 heterocycles. The lowest BCUT2D eigenvalue weighted by atomic mass is 9.80. The van der Waals surface area contributed by atoms with E-state index < -0.39 is 0 Å². The van der Waals surface area contributed by atoms with Gasteiger partial charge in [0.05, 0.1) is 17.8 Å². The zero-order chi connectivity index (χ0) is 18.2. The Hall–Kier alpha value is -2.00. The van der Waals surface area contributed by atoms with Crippen LogP contribution in [0.2, 0.25) is 5.02 Å². The average Bonchev–Trinajstić information content (AvgIpc) is 2.58. The van der Waals surface area contributed by atoms with Crippen LogP contribution in [0.5, 0.6) is 5.75 Å². The van der Waals surface area contributed by atoms with Crippen molar-refractivity contribution in [1.82, 2.24) is 0 Å². The molecule has 3 nitrogen and oxygen atoms in total. The van der Waals surface area contributed by atoms with Crippen LogP contribution in [0.25, 0.3) is 0 Å². The van der Waals surface area contributed by atoms with E-state index in [9.17, 15) is 0 Å². The average molecular weight is 357 g/mol. The molecule has 2 aromatic rings. The maximum atomic E-state index is 6.54. The molecule has 0 saturated heterocycles. The number of hydrogen-bond acceptors (Lipinski definition) is 3. The van der Waals surface area contributed by atoms with E-state index in [-0.39, 0.29) is 5.54 Å². The number of fused-ring (bicyclic) bond motifs is 1. The maximum Gasteiger partial charge on any atom is 0.119 e. The van der Waals surface area contributed by atoms with Gasteiger partial charge in [-0.15, -0.1) is 0 Å². The Morgan fingerprint density at radius 2 is 1.92 bits per heavy atom. The van der Waals surface area contributed by atoms with Gasteiger partial charge in [-0.2, -0.15) is 0 Å². The van der Waals surface area contributed by atoms with Crippen LogP contribution in [0.15, 0.2) is 41.4 Å². The smallest absolute Gasteiger partial charge is 0.119 e. The summed E-state index contributed by atoms with van der Waals surface area (Å²) in [5.41, 5.74) is 4.52. The van der Waals surface area contributed by atoms with Crippen molar-refractivity contribution in [3.8, 4) is 5.75 Å². The lowest BCUT2D eigenvalue weighted by Gasteiger charge is -2.45. The van der Waals surface area contributed by atoms with Gasteiger partial charge in [0.2, 0.25) is 0 Å². The van der Waals surface area contributed by atoms with Crippen molar-refractivity contribution < 1.29 is 4.74 Å². The van der Waals surface area contributed by atoms with Crippen molar-refractivity contribution in [2.75, 3.05) is 19.1 Å². The van der Waals surface area contributed by atoms with Crippen LogP contribution in [0.3, 0.4) is 0 Å². The summed E-state index contributed by atoms with van der Waals surface area (Å²) in [6.07, 6.45) is 2.96. The van der Waals surface area contributed by atoms with Gasteiger partial charge in [-0.3, -0.25) is 4.99 Å². The number of rotatable bonds is 3. The number of benzene rings is 2. The molecule has 1 aliphatic rings. The van der Waals surface area contributed by atoms with E-state index in [1.807, 2.05) is 30.5 Å².